The SMILES string of the molecule is CNc1snc(C)c1-c1nn2c(C3CCOC3)nnc2s1. The lowest BCUT2D eigenvalue weighted by Gasteiger charge is -2.02. The Morgan fingerprint density at radius 2 is 2.29 bits per heavy atom. The molecule has 1 aliphatic heterocycles. The molecular weight excluding hydrogens is 308 g/mol. The number of aromatic nitrogens is 5. The van der Waals surface area contributed by atoms with Crippen LogP contribution >= 0.6 is 22.9 Å². The smallest absolute Gasteiger partial charge is 0.234 e. The zero-order chi connectivity index (χ0) is 14.4. The fourth-order valence-corrected chi connectivity index (χ4v) is 4.28. The van der Waals surface area contributed by atoms with Crippen molar-refractivity contribution in [3.63, 3.8) is 0 Å². The molecule has 4 heterocycles. The molecule has 0 aliphatic carbocycles. The van der Waals surface area contributed by atoms with Crippen LogP contribution in [-0.2, 0) is 4.74 Å². The molecule has 3 aromatic heterocycles. The van der Waals surface area contributed by atoms with Crippen LogP contribution < -0.4 is 5.32 Å². The van der Waals surface area contributed by atoms with E-state index < -0.39 is 0 Å². The highest BCUT2D eigenvalue weighted by molar-refractivity contribution is 7.20. The molecule has 9 heteroatoms. The standard InChI is InChI=1S/C12H14N6OS2/c1-6-8(10(13-2)21-17-6)11-16-18-9(7-3-4-19-5-7)14-15-12(18)20-11/h7,13H,3-5H2,1-2H3. The van der Waals surface area contributed by atoms with Gasteiger partial charge in [0.2, 0.25) is 4.96 Å². The van der Waals surface area contributed by atoms with Crippen LogP contribution in [0.3, 0.4) is 0 Å². The Labute approximate surface area is 129 Å². The second kappa shape index (κ2) is 5.00. The summed E-state index contributed by atoms with van der Waals surface area (Å²) in [6.07, 6.45) is 0.981. The summed E-state index contributed by atoms with van der Waals surface area (Å²) in [6, 6.07) is 0. The predicted molar refractivity (Wildman–Crippen MR) is 82.2 cm³/mol. The fourth-order valence-electron chi connectivity index (χ4n) is 2.52. The molecule has 1 saturated heterocycles. The van der Waals surface area contributed by atoms with Gasteiger partial charge in [0, 0.05) is 19.6 Å². The van der Waals surface area contributed by atoms with E-state index in [1.165, 1.54) is 11.5 Å². The predicted octanol–water partition coefficient (Wildman–Crippen LogP) is 2.16. The van der Waals surface area contributed by atoms with Crippen molar-refractivity contribution in [3.8, 4) is 10.6 Å². The quantitative estimate of drug-likeness (QED) is 0.796. The van der Waals surface area contributed by atoms with Crippen molar-refractivity contribution in [2.75, 3.05) is 25.6 Å². The Bertz CT molecular complexity index is 785. The third-order valence-electron chi connectivity index (χ3n) is 3.61. The first-order valence-electron chi connectivity index (χ1n) is 6.72. The molecule has 3 aromatic rings. The zero-order valence-electron chi connectivity index (χ0n) is 11.7. The van der Waals surface area contributed by atoms with Crippen LogP contribution in [0, 0.1) is 6.92 Å². The average Bonchev–Trinajstić information content (AvgIpc) is 3.20. The summed E-state index contributed by atoms with van der Waals surface area (Å²) in [5.41, 5.74) is 2.05. The first-order chi connectivity index (χ1) is 10.3. The van der Waals surface area contributed by atoms with E-state index in [0.717, 1.165) is 45.1 Å². The van der Waals surface area contributed by atoms with Crippen LogP contribution in [0.5, 0.6) is 0 Å². The van der Waals surface area contributed by atoms with Crippen molar-refractivity contribution in [2.24, 2.45) is 0 Å². The summed E-state index contributed by atoms with van der Waals surface area (Å²) in [6.45, 7) is 3.49. The molecule has 0 spiro atoms. The fraction of sp³-hybridized carbons (Fsp3) is 0.500. The molecule has 1 aliphatic rings. The molecule has 0 bridgehead atoms. The number of nitrogens with zero attached hydrogens (tertiary/aromatic N) is 5. The highest BCUT2D eigenvalue weighted by Gasteiger charge is 2.26. The van der Waals surface area contributed by atoms with Gasteiger partial charge in [0.15, 0.2) is 10.8 Å². The number of ether oxygens (including phenoxy) is 1. The monoisotopic (exact) mass is 322 g/mol. The highest BCUT2D eigenvalue weighted by atomic mass is 32.1. The molecule has 21 heavy (non-hydrogen) atoms. The van der Waals surface area contributed by atoms with Gasteiger partial charge in [0.25, 0.3) is 0 Å². The third-order valence-corrected chi connectivity index (χ3v) is 5.49. The van der Waals surface area contributed by atoms with E-state index in [9.17, 15) is 0 Å². The molecule has 1 atom stereocenters. The first kappa shape index (κ1) is 13.1. The van der Waals surface area contributed by atoms with E-state index in [2.05, 4.69) is 19.9 Å². The van der Waals surface area contributed by atoms with Crippen LogP contribution in [0.4, 0.5) is 5.00 Å². The van der Waals surface area contributed by atoms with Gasteiger partial charge in [0.05, 0.1) is 17.9 Å². The zero-order valence-corrected chi connectivity index (χ0v) is 13.3. The molecule has 0 aromatic carbocycles. The summed E-state index contributed by atoms with van der Waals surface area (Å²) in [5, 5.41) is 18.4. The van der Waals surface area contributed by atoms with E-state index in [1.54, 1.807) is 11.3 Å². The number of aryl methyl sites for hydroxylation is 1. The largest absolute Gasteiger partial charge is 0.381 e. The van der Waals surface area contributed by atoms with Gasteiger partial charge in [-0.05, 0) is 24.9 Å². The minimum Gasteiger partial charge on any atom is -0.381 e. The first-order valence-corrected chi connectivity index (χ1v) is 8.31. The Morgan fingerprint density at radius 1 is 1.38 bits per heavy atom. The van der Waals surface area contributed by atoms with Crippen molar-refractivity contribution in [2.45, 2.75) is 19.3 Å². The van der Waals surface area contributed by atoms with Crippen LogP contribution in [-0.4, -0.2) is 44.4 Å². The Kier molecular flexibility index (Phi) is 3.12. The van der Waals surface area contributed by atoms with Crippen LogP contribution in [0.2, 0.25) is 0 Å². The second-order valence-electron chi connectivity index (χ2n) is 4.94. The number of fused-ring (bicyclic) bond motifs is 1. The van der Waals surface area contributed by atoms with E-state index in [0.29, 0.717) is 12.5 Å². The van der Waals surface area contributed by atoms with Crippen molar-refractivity contribution in [1.82, 2.24) is 24.2 Å². The van der Waals surface area contributed by atoms with Crippen molar-refractivity contribution >= 4 is 32.8 Å². The summed E-state index contributed by atoms with van der Waals surface area (Å²) in [5.74, 6) is 1.19. The normalized spacial score (nSPS) is 18.7. The molecule has 4 rings (SSSR count). The van der Waals surface area contributed by atoms with E-state index in [1.807, 2.05) is 18.5 Å². The Balaban J connectivity index is 1.82. The number of hydrogen-bond donors (Lipinski definition) is 1. The van der Waals surface area contributed by atoms with Crippen LogP contribution in [0.15, 0.2) is 0 Å². The molecule has 0 amide bonds. The second-order valence-corrected chi connectivity index (χ2v) is 6.67. The Hall–Kier alpha value is -1.58. The topological polar surface area (TPSA) is 77.2 Å². The molecule has 7 nitrogen and oxygen atoms in total. The van der Waals surface area contributed by atoms with Crippen LogP contribution in [0.25, 0.3) is 15.5 Å². The maximum atomic E-state index is 5.44. The van der Waals surface area contributed by atoms with Gasteiger partial charge >= 0.3 is 0 Å². The lowest BCUT2D eigenvalue weighted by atomic mass is 10.1. The maximum absolute atomic E-state index is 5.44. The van der Waals surface area contributed by atoms with E-state index in [-0.39, 0.29) is 0 Å². The van der Waals surface area contributed by atoms with Gasteiger partial charge in [-0.1, -0.05) is 11.3 Å². The van der Waals surface area contributed by atoms with Crippen LogP contribution in [0.1, 0.15) is 23.9 Å². The van der Waals surface area contributed by atoms with Crippen molar-refractivity contribution in [3.05, 3.63) is 11.5 Å². The lowest BCUT2D eigenvalue weighted by Crippen LogP contribution is -2.04. The van der Waals surface area contributed by atoms with E-state index in [4.69, 9.17) is 9.84 Å². The number of nitrogens with one attached hydrogen (secondary N) is 1. The van der Waals surface area contributed by atoms with Gasteiger partial charge in [-0.2, -0.15) is 14.0 Å². The number of rotatable bonds is 3. The molecule has 110 valence electrons. The lowest BCUT2D eigenvalue weighted by molar-refractivity contribution is 0.193. The minimum absolute atomic E-state index is 0.292. The average molecular weight is 322 g/mol. The molecule has 0 radical (unpaired) electrons. The van der Waals surface area contributed by atoms with Gasteiger partial charge in [-0.15, -0.1) is 10.2 Å². The van der Waals surface area contributed by atoms with Crippen molar-refractivity contribution < 1.29 is 4.74 Å². The Morgan fingerprint density at radius 3 is 3.05 bits per heavy atom. The van der Waals surface area contributed by atoms with Gasteiger partial charge in [0.1, 0.15) is 5.00 Å². The molecule has 0 saturated carbocycles. The van der Waals surface area contributed by atoms with Gasteiger partial charge in [-0.25, -0.2) is 0 Å². The summed E-state index contributed by atoms with van der Waals surface area (Å²) < 4.78 is 11.7. The molecule has 1 fully saturated rings. The maximum Gasteiger partial charge on any atom is 0.234 e. The summed E-state index contributed by atoms with van der Waals surface area (Å²) in [4.78, 5) is 0.819. The summed E-state index contributed by atoms with van der Waals surface area (Å²) >= 11 is 3.00. The molecular formula is C12H14N6OS2. The minimum atomic E-state index is 0.292. The van der Waals surface area contributed by atoms with Gasteiger partial charge in [-0.3, -0.25) is 0 Å². The van der Waals surface area contributed by atoms with E-state index >= 15 is 0 Å². The van der Waals surface area contributed by atoms with Crippen molar-refractivity contribution in [1.29, 1.82) is 0 Å². The summed E-state index contributed by atoms with van der Waals surface area (Å²) in [7, 11) is 1.90. The molecule has 1 unspecified atom stereocenters. The number of hydrogen-bond acceptors (Lipinski definition) is 8. The molecule has 1 N–H and O–H groups in total. The third kappa shape index (κ3) is 2.03. The number of anilines is 1. The highest BCUT2D eigenvalue weighted by Crippen LogP contribution is 2.37. The van der Waals surface area contributed by atoms with Gasteiger partial charge < -0.3 is 10.1 Å².